The first-order chi connectivity index (χ1) is 16.5. The fourth-order valence-corrected chi connectivity index (χ4v) is 3.68. The van der Waals surface area contributed by atoms with Gasteiger partial charge in [-0.1, -0.05) is 18.2 Å². The normalized spacial score (nSPS) is 11.7. The highest BCUT2D eigenvalue weighted by atomic mass is 19.4. The van der Waals surface area contributed by atoms with Gasteiger partial charge in [0.05, 0.1) is 11.7 Å². The Morgan fingerprint density at radius 1 is 1.17 bits per heavy atom. The topological polar surface area (TPSA) is 88.5 Å². The van der Waals surface area contributed by atoms with Gasteiger partial charge >= 0.3 is 6.18 Å². The number of aryl methyl sites for hydroxylation is 1. The first kappa shape index (κ1) is 24.1. The fourth-order valence-electron chi connectivity index (χ4n) is 3.68. The fraction of sp³-hybridized carbons (Fsp3) is 0.240. The number of nitrogens with zero attached hydrogens (tertiary/aromatic N) is 2. The lowest BCUT2D eigenvalue weighted by atomic mass is 10.0. The molecule has 0 bridgehead atoms. The number of halogens is 3. The summed E-state index contributed by atoms with van der Waals surface area (Å²) in [5.41, 5.74) is 0.425. The molecule has 0 radical (unpaired) electrons. The van der Waals surface area contributed by atoms with Crippen LogP contribution in [-0.4, -0.2) is 26.6 Å². The van der Waals surface area contributed by atoms with E-state index in [1.54, 1.807) is 31.2 Å². The number of benzene rings is 2. The van der Waals surface area contributed by atoms with E-state index in [9.17, 15) is 22.8 Å². The van der Waals surface area contributed by atoms with Crippen LogP contribution >= 0.6 is 0 Å². The Balaban J connectivity index is 1.60. The molecule has 0 unspecified atom stereocenters. The highest BCUT2D eigenvalue weighted by Crippen LogP contribution is 2.30. The van der Waals surface area contributed by atoms with Crippen molar-refractivity contribution in [2.24, 2.45) is 0 Å². The van der Waals surface area contributed by atoms with Gasteiger partial charge in [0.2, 0.25) is 0 Å². The number of aromatic nitrogens is 3. The quantitative estimate of drug-likeness (QED) is 0.404. The maximum atomic E-state index is 13.1. The van der Waals surface area contributed by atoms with E-state index in [4.69, 9.17) is 4.74 Å². The van der Waals surface area contributed by atoms with Gasteiger partial charge in [-0.15, -0.1) is 0 Å². The molecule has 0 fully saturated rings. The van der Waals surface area contributed by atoms with Crippen molar-refractivity contribution < 1.29 is 22.7 Å². The molecule has 2 aromatic carbocycles. The van der Waals surface area contributed by atoms with Gasteiger partial charge in [-0.2, -0.15) is 13.2 Å². The summed E-state index contributed by atoms with van der Waals surface area (Å²) < 4.78 is 45.9. The Hall–Kier alpha value is -4.08. The van der Waals surface area contributed by atoms with E-state index in [1.165, 1.54) is 18.3 Å². The van der Waals surface area contributed by atoms with Crippen LogP contribution in [0.25, 0.3) is 5.65 Å². The van der Waals surface area contributed by atoms with Gasteiger partial charge in [-0.05, 0) is 56.7 Å². The van der Waals surface area contributed by atoms with E-state index >= 15 is 0 Å². The molecule has 1 amide bonds. The van der Waals surface area contributed by atoms with Crippen molar-refractivity contribution in [2.75, 3.05) is 5.32 Å². The molecule has 4 rings (SSSR count). The largest absolute Gasteiger partial charge is 0.491 e. The van der Waals surface area contributed by atoms with Crippen molar-refractivity contribution in [1.29, 1.82) is 0 Å². The van der Waals surface area contributed by atoms with E-state index in [-0.39, 0.29) is 29.3 Å². The van der Waals surface area contributed by atoms with E-state index in [0.717, 1.165) is 16.6 Å². The van der Waals surface area contributed by atoms with Crippen LogP contribution in [0, 0.1) is 6.92 Å². The second-order valence-electron chi connectivity index (χ2n) is 8.35. The Morgan fingerprint density at radius 2 is 1.89 bits per heavy atom. The number of alkyl halides is 3. The van der Waals surface area contributed by atoms with Crippen LogP contribution < -0.4 is 15.6 Å². The number of carbonyl (C=O) groups is 1. The van der Waals surface area contributed by atoms with E-state index < -0.39 is 23.2 Å². The van der Waals surface area contributed by atoms with E-state index in [2.05, 4.69) is 15.4 Å². The van der Waals surface area contributed by atoms with Crippen LogP contribution in [0.2, 0.25) is 0 Å². The summed E-state index contributed by atoms with van der Waals surface area (Å²) in [4.78, 5) is 30.3. The van der Waals surface area contributed by atoms with Gasteiger partial charge in [0.15, 0.2) is 5.65 Å². The number of fused-ring (bicyclic) bond motifs is 1. The number of H-pyrrole nitrogens is 1. The minimum absolute atomic E-state index is 0.0211. The number of hydrogen-bond donors (Lipinski definition) is 2. The van der Waals surface area contributed by atoms with Gasteiger partial charge in [-0.3, -0.25) is 14.7 Å². The van der Waals surface area contributed by atoms with Crippen molar-refractivity contribution in [3.63, 3.8) is 0 Å². The van der Waals surface area contributed by atoms with Gasteiger partial charge in [0.1, 0.15) is 11.3 Å². The van der Waals surface area contributed by atoms with Crippen molar-refractivity contribution >= 4 is 17.2 Å². The summed E-state index contributed by atoms with van der Waals surface area (Å²) >= 11 is 0. The minimum atomic E-state index is -4.48. The van der Waals surface area contributed by atoms with Crippen molar-refractivity contribution in [2.45, 2.75) is 39.5 Å². The van der Waals surface area contributed by atoms with Crippen molar-refractivity contribution in [3.8, 4) is 5.75 Å². The van der Waals surface area contributed by atoms with E-state index in [1.807, 2.05) is 13.8 Å². The number of amides is 1. The third-order valence-corrected chi connectivity index (χ3v) is 5.33. The Bertz CT molecular complexity index is 1440. The maximum Gasteiger partial charge on any atom is 0.416 e. The molecule has 2 aromatic heterocycles. The maximum absolute atomic E-state index is 13.1. The van der Waals surface area contributed by atoms with Crippen LogP contribution in [0.4, 0.5) is 18.9 Å². The molecular formula is C25H23F3N4O3. The number of aromatic amines is 1. The number of hydrogen-bond acceptors (Lipinski definition) is 4. The molecule has 2 N–H and O–H groups in total. The third-order valence-electron chi connectivity index (χ3n) is 5.33. The lowest BCUT2D eigenvalue weighted by Crippen LogP contribution is -2.23. The number of anilines is 1. The van der Waals surface area contributed by atoms with Gasteiger partial charge < -0.3 is 10.1 Å². The Kier molecular flexibility index (Phi) is 6.38. The van der Waals surface area contributed by atoms with Crippen LogP contribution in [0.15, 0.2) is 59.5 Å². The molecule has 7 nitrogen and oxygen atoms in total. The highest BCUT2D eigenvalue weighted by molar-refractivity contribution is 6.08. The zero-order valence-electron chi connectivity index (χ0n) is 19.2. The Labute approximate surface area is 198 Å². The predicted molar refractivity (Wildman–Crippen MR) is 125 cm³/mol. The second kappa shape index (κ2) is 9.28. The second-order valence-corrected chi connectivity index (χ2v) is 8.35. The zero-order valence-corrected chi connectivity index (χ0v) is 19.2. The molecule has 4 aromatic rings. The number of ether oxygens (including phenoxy) is 1. The molecule has 0 saturated heterocycles. The molecular weight excluding hydrogens is 461 g/mol. The SMILES string of the molecule is Cc1nc2c(C(=O)Nc3ccc(OC(C)C)cc3)c[nH]n2c(=O)c1Cc1cccc(C(F)(F)F)c1. The van der Waals surface area contributed by atoms with Gasteiger partial charge in [-0.25, -0.2) is 9.50 Å². The summed E-state index contributed by atoms with van der Waals surface area (Å²) in [6.07, 6.45) is -3.13. The third kappa shape index (κ3) is 5.21. The van der Waals surface area contributed by atoms with Gasteiger partial charge in [0, 0.05) is 29.6 Å². The Morgan fingerprint density at radius 3 is 2.54 bits per heavy atom. The highest BCUT2D eigenvalue weighted by Gasteiger charge is 2.30. The molecule has 0 aliphatic carbocycles. The average Bonchev–Trinajstić information content (AvgIpc) is 3.21. The predicted octanol–water partition coefficient (Wildman–Crippen LogP) is 4.98. The summed E-state index contributed by atoms with van der Waals surface area (Å²) in [7, 11) is 0. The first-order valence-electron chi connectivity index (χ1n) is 10.9. The lowest BCUT2D eigenvalue weighted by molar-refractivity contribution is -0.137. The number of nitrogens with one attached hydrogen (secondary N) is 2. The van der Waals surface area contributed by atoms with E-state index in [0.29, 0.717) is 22.7 Å². The lowest BCUT2D eigenvalue weighted by Gasteiger charge is -2.11. The van der Waals surface area contributed by atoms with Crippen LogP contribution in [0.3, 0.4) is 0 Å². The molecule has 182 valence electrons. The summed E-state index contributed by atoms with van der Waals surface area (Å²) in [5, 5.41) is 5.48. The monoisotopic (exact) mass is 484 g/mol. The van der Waals surface area contributed by atoms with Crippen molar-refractivity contribution in [3.05, 3.63) is 93.0 Å². The molecule has 0 atom stereocenters. The molecule has 0 saturated carbocycles. The molecule has 10 heteroatoms. The summed E-state index contributed by atoms with van der Waals surface area (Å²) in [6.45, 7) is 5.41. The molecule has 0 spiro atoms. The number of rotatable bonds is 6. The minimum Gasteiger partial charge on any atom is -0.491 e. The smallest absolute Gasteiger partial charge is 0.416 e. The van der Waals surface area contributed by atoms with Crippen LogP contribution in [-0.2, 0) is 12.6 Å². The van der Waals surface area contributed by atoms with Crippen molar-refractivity contribution in [1.82, 2.24) is 14.6 Å². The summed E-state index contributed by atoms with van der Waals surface area (Å²) in [5.74, 6) is 0.195. The molecule has 2 heterocycles. The summed E-state index contributed by atoms with van der Waals surface area (Å²) in [6, 6.07) is 11.7. The first-order valence-corrected chi connectivity index (χ1v) is 10.9. The van der Waals surface area contributed by atoms with Crippen LogP contribution in [0.5, 0.6) is 5.75 Å². The van der Waals surface area contributed by atoms with Crippen LogP contribution in [0.1, 0.15) is 46.6 Å². The molecule has 35 heavy (non-hydrogen) atoms. The molecule has 0 aliphatic rings. The van der Waals surface area contributed by atoms with Gasteiger partial charge in [0.25, 0.3) is 11.5 Å². The zero-order chi connectivity index (χ0) is 25.3. The standard InChI is InChI=1S/C25H23F3N4O3/c1-14(2)35-19-9-7-18(8-10-19)31-23(33)21-13-29-32-22(21)30-15(3)20(24(32)34)12-16-5-4-6-17(11-16)25(26,27)28/h4-11,13-14,29H,12H2,1-3H3,(H,31,33). The average molecular weight is 484 g/mol. The molecule has 0 aliphatic heterocycles. The number of carbonyl (C=O) groups excluding carboxylic acids is 1.